The molecule has 0 spiro atoms. The summed E-state index contributed by atoms with van der Waals surface area (Å²) in [5.74, 6) is -1.20. The molecule has 0 heterocycles. The minimum absolute atomic E-state index is 0.0338. The van der Waals surface area contributed by atoms with Gasteiger partial charge < -0.3 is 19.3 Å². The summed E-state index contributed by atoms with van der Waals surface area (Å²) in [4.78, 5) is 24.6. The smallest absolute Gasteiger partial charge is 0.493 e. The van der Waals surface area contributed by atoms with Crippen molar-refractivity contribution in [3.63, 3.8) is 0 Å². The molecule has 0 amide bonds. The summed E-state index contributed by atoms with van der Waals surface area (Å²) in [6, 6.07) is 16.9. The molecule has 0 saturated heterocycles. The van der Waals surface area contributed by atoms with Crippen LogP contribution in [0.25, 0.3) is 0 Å². The van der Waals surface area contributed by atoms with Gasteiger partial charge in [-0.1, -0.05) is 30.3 Å². The second-order valence-electron chi connectivity index (χ2n) is 8.08. The Hall–Kier alpha value is -3.66. The molecule has 0 aromatic heterocycles. The van der Waals surface area contributed by atoms with Crippen molar-refractivity contribution in [1.29, 1.82) is 0 Å². The molecule has 37 heavy (non-hydrogen) atoms. The second kappa shape index (κ2) is 12.5. The maximum Gasteiger partial charge on any atom is 0.573 e. The van der Waals surface area contributed by atoms with Gasteiger partial charge in [0, 0.05) is 16.9 Å². The molecule has 0 fully saturated rings. The van der Waals surface area contributed by atoms with Crippen LogP contribution in [0.5, 0.6) is 17.2 Å². The van der Waals surface area contributed by atoms with Crippen LogP contribution >= 0.6 is 11.8 Å². The number of carbonyl (C=O) groups excluding carboxylic acids is 1. The number of aliphatic carboxylic acids is 1. The maximum absolute atomic E-state index is 13.0. The molecule has 0 aliphatic carbocycles. The number of hydrogen-bond acceptors (Lipinski definition) is 6. The number of thioether (sulfide) groups is 1. The lowest BCUT2D eigenvalue weighted by Gasteiger charge is -2.19. The van der Waals surface area contributed by atoms with Gasteiger partial charge in [0.15, 0.2) is 5.78 Å². The first-order valence-electron chi connectivity index (χ1n) is 11.3. The highest BCUT2D eigenvalue weighted by Crippen LogP contribution is 2.31. The van der Waals surface area contributed by atoms with Crippen molar-refractivity contribution in [2.24, 2.45) is 0 Å². The first-order valence-corrected chi connectivity index (χ1v) is 12.2. The summed E-state index contributed by atoms with van der Waals surface area (Å²) in [5.41, 5.74) is 1.14. The Balaban J connectivity index is 1.66. The van der Waals surface area contributed by atoms with Crippen LogP contribution in [0, 0.1) is 6.92 Å². The normalized spacial score (nSPS) is 12.0. The number of carbonyl (C=O) groups is 2. The third kappa shape index (κ3) is 8.75. The largest absolute Gasteiger partial charge is 0.573 e. The topological polar surface area (TPSA) is 82.1 Å². The third-order valence-corrected chi connectivity index (χ3v) is 6.24. The van der Waals surface area contributed by atoms with Gasteiger partial charge in [-0.05, 0) is 55.8 Å². The fourth-order valence-corrected chi connectivity index (χ4v) is 4.09. The van der Waals surface area contributed by atoms with Gasteiger partial charge in [-0.2, -0.15) is 0 Å². The highest BCUT2D eigenvalue weighted by atomic mass is 32.2. The minimum Gasteiger partial charge on any atom is -0.493 e. The Morgan fingerprint density at radius 1 is 1.00 bits per heavy atom. The Kier molecular flexibility index (Phi) is 9.46. The zero-order valence-corrected chi connectivity index (χ0v) is 20.9. The molecule has 3 rings (SSSR count). The van der Waals surface area contributed by atoms with Crippen LogP contribution in [0.1, 0.15) is 34.8 Å². The average Bonchev–Trinajstić information content (AvgIpc) is 2.83. The van der Waals surface area contributed by atoms with E-state index >= 15 is 0 Å². The molecule has 1 N–H and O–H groups in total. The van der Waals surface area contributed by atoms with E-state index in [1.165, 1.54) is 17.8 Å². The van der Waals surface area contributed by atoms with Gasteiger partial charge in [0.05, 0.1) is 24.0 Å². The highest BCUT2D eigenvalue weighted by molar-refractivity contribution is 8.00. The van der Waals surface area contributed by atoms with E-state index in [9.17, 15) is 22.8 Å². The van der Waals surface area contributed by atoms with Crippen molar-refractivity contribution in [2.75, 3.05) is 12.4 Å². The van der Waals surface area contributed by atoms with E-state index in [1.54, 1.807) is 49.4 Å². The van der Waals surface area contributed by atoms with Crippen LogP contribution in [0.15, 0.2) is 71.6 Å². The average molecular weight is 535 g/mol. The zero-order valence-electron chi connectivity index (χ0n) is 20.1. The number of rotatable bonds is 12. The number of aryl methyl sites for hydroxylation is 1. The maximum atomic E-state index is 13.0. The van der Waals surface area contributed by atoms with Crippen molar-refractivity contribution in [3.8, 4) is 17.2 Å². The number of halogens is 3. The van der Waals surface area contributed by atoms with Gasteiger partial charge in [0.25, 0.3) is 0 Å². The summed E-state index contributed by atoms with van der Waals surface area (Å²) in [7, 11) is 0. The molecule has 0 saturated carbocycles. The lowest BCUT2D eigenvalue weighted by molar-refractivity contribution is -0.274. The molecule has 0 radical (unpaired) electrons. The highest BCUT2D eigenvalue weighted by Gasteiger charge is 2.32. The van der Waals surface area contributed by atoms with Crippen molar-refractivity contribution >= 4 is 23.5 Å². The first-order chi connectivity index (χ1) is 17.5. The van der Waals surface area contributed by atoms with Gasteiger partial charge in [0.1, 0.15) is 17.2 Å². The monoisotopic (exact) mass is 534 g/mol. The van der Waals surface area contributed by atoms with E-state index in [0.717, 1.165) is 22.6 Å². The summed E-state index contributed by atoms with van der Waals surface area (Å²) >= 11 is 1.23. The van der Waals surface area contributed by atoms with Crippen molar-refractivity contribution in [2.45, 2.75) is 37.6 Å². The minimum atomic E-state index is -4.90. The molecule has 10 heteroatoms. The van der Waals surface area contributed by atoms with Gasteiger partial charge >= 0.3 is 12.3 Å². The number of ketones is 1. The lowest BCUT2D eigenvalue weighted by atomic mass is 10.0. The molecular weight excluding hydrogens is 509 g/mol. The van der Waals surface area contributed by atoms with Gasteiger partial charge in [-0.15, -0.1) is 24.9 Å². The first kappa shape index (κ1) is 27.9. The van der Waals surface area contributed by atoms with Crippen molar-refractivity contribution in [3.05, 3.63) is 83.4 Å². The van der Waals surface area contributed by atoms with E-state index in [0.29, 0.717) is 17.7 Å². The second-order valence-corrected chi connectivity index (χ2v) is 9.09. The number of ether oxygens (including phenoxy) is 3. The number of carboxylic acid groups (broad SMARTS) is 1. The zero-order chi connectivity index (χ0) is 27.0. The summed E-state index contributed by atoms with van der Waals surface area (Å²) in [6.07, 6.45) is -4.90. The van der Waals surface area contributed by atoms with Gasteiger partial charge in [0.2, 0.25) is 0 Å². The predicted molar refractivity (Wildman–Crippen MR) is 133 cm³/mol. The Morgan fingerprint density at radius 3 is 2.35 bits per heavy atom. The molecule has 1 atom stereocenters. The van der Waals surface area contributed by atoms with E-state index in [-0.39, 0.29) is 23.7 Å². The summed E-state index contributed by atoms with van der Waals surface area (Å²) in [5, 5.41) is 8.83. The number of benzene rings is 3. The molecule has 196 valence electrons. The fourth-order valence-electron chi connectivity index (χ4n) is 3.36. The SMILES string of the molecule is Cc1cc(OCC[C@@H](C)Oc2ccc(OC(F)(F)F)cc2C(=O)c2ccccc2)ccc1SCC(=O)O. The molecule has 0 aliphatic heterocycles. The summed E-state index contributed by atoms with van der Waals surface area (Å²) in [6.45, 7) is 3.90. The number of hydrogen-bond donors (Lipinski definition) is 1. The molecule has 0 unspecified atom stereocenters. The van der Waals surface area contributed by atoms with Crippen molar-refractivity contribution < 1.29 is 42.1 Å². The quantitative estimate of drug-likeness (QED) is 0.209. The molecule has 6 nitrogen and oxygen atoms in total. The van der Waals surface area contributed by atoms with Crippen LogP contribution in [-0.4, -0.2) is 41.7 Å². The van der Waals surface area contributed by atoms with Crippen LogP contribution in [0.2, 0.25) is 0 Å². The van der Waals surface area contributed by atoms with E-state index in [4.69, 9.17) is 14.6 Å². The Bertz CT molecular complexity index is 1230. The number of carboxylic acids is 1. The third-order valence-electron chi connectivity index (χ3n) is 5.08. The van der Waals surface area contributed by atoms with Crippen molar-refractivity contribution in [1.82, 2.24) is 0 Å². The Labute approximate surface area is 216 Å². The van der Waals surface area contributed by atoms with Crippen LogP contribution in [0.3, 0.4) is 0 Å². The standard InChI is InChI=1S/C27H25F3O6S/c1-17-14-20(9-11-24(17)37-16-25(31)32)34-13-12-18(2)35-23-10-8-21(36-27(28,29)30)15-22(23)26(33)19-6-4-3-5-7-19/h3-11,14-15,18H,12-13,16H2,1-2H3,(H,31,32)/t18-/m1/s1. The summed E-state index contributed by atoms with van der Waals surface area (Å²) < 4.78 is 53.9. The van der Waals surface area contributed by atoms with Gasteiger partial charge in [-0.3, -0.25) is 9.59 Å². The predicted octanol–water partition coefficient (Wildman–Crippen LogP) is 6.54. The lowest BCUT2D eigenvalue weighted by Crippen LogP contribution is -2.19. The molecule has 0 bridgehead atoms. The Morgan fingerprint density at radius 2 is 1.70 bits per heavy atom. The number of alkyl halides is 3. The molecule has 3 aromatic rings. The van der Waals surface area contributed by atoms with Gasteiger partial charge in [-0.25, -0.2) is 0 Å². The molecule has 0 aliphatic rings. The van der Waals surface area contributed by atoms with E-state index in [1.807, 2.05) is 13.0 Å². The molecular formula is C27H25F3O6S. The fraction of sp³-hybridized carbons (Fsp3) is 0.259. The van der Waals surface area contributed by atoms with Crippen LogP contribution in [-0.2, 0) is 4.79 Å². The molecule has 3 aromatic carbocycles. The van der Waals surface area contributed by atoms with E-state index < -0.39 is 30.0 Å². The van der Waals surface area contributed by atoms with E-state index in [2.05, 4.69) is 4.74 Å². The van der Waals surface area contributed by atoms with Crippen LogP contribution in [0.4, 0.5) is 13.2 Å². The van der Waals surface area contributed by atoms with Crippen LogP contribution < -0.4 is 14.2 Å².